The van der Waals surface area contributed by atoms with Crippen LogP contribution in [0.1, 0.15) is 64.0 Å². The van der Waals surface area contributed by atoms with Crippen LogP contribution >= 0.6 is 0 Å². The van der Waals surface area contributed by atoms with Crippen LogP contribution in [0.15, 0.2) is 35.1 Å². The molecule has 1 aliphatic carbocycles. The molecule has 35 heavy (non-hydrogen) atoms. The summed E-state index contributed by atoms with van der Waals surface area (Å²) in [5, 5.41) is 11.8. The van der Waals surface area contributed by atoms with Gasteiger partial charge in [0.15, 0.2) is 0 Å². The molecule has 1 N–H and O–H groups in total. The molecule has 9 nitrogen and oxygen atoms in total. The third-order valence-electron chi connectivity index (χ3n) is 6.36. The van der Waals surface area contributed by atoms with Crippen molar-refractivity contribution in [3.8, 4) is 0 Å². The molecule has 4 aromatic rings. The van der Waals surface area contributed by atoms with Gasteiger partial charge in [-0.1, -0.05) is 0 Å². The molecule has 0 spiro atoms. The number of hydrogen-bond donors (Lipinski definition) is 1. The third kappa shape index (κ3) is 3.54. The number of nitrogens with one attached hydrogen (secondary N) is 1. The molecule has 0 saturated heterocycles. The highest BCUT2D eigenvalue weighted by Crippen LogP contribution is 2.48. The standard InChI is InChI=1S/C21H16F5N7O2/c22-20(23)7-10(8-20)17-29-30-18(35-17)19(34)32-5-3-12-15(28-9-27-12)16(32)13-6-14-11(21(24,25)26)2-1-4-33(14)31-13/h1-2,4,6,9-10,16H,3,5,7-8H2,(H,27,28)/t16-/m0/s1. The number of hydrogen-bond acceptors (Lipinski definition) is 6. The number of carbonyl (C=O) groups excluding carboxylic acids is 1. The average molecular weight is 493 g/mol. The summed E-state index contributed by atoms with van der Waals surface area (Å²) in [6, 6.07) is 2.53. The molecule has 14 heteroatoms. The van der Waals surface area contributed by atoms with E-state index in [1.165, 1.54) is 29.6 Å². The van der Waals surface area contributed by atoms with E-state index in [9.17, 15) is 26.7 Å². The van der Waals surface area contributed by atoms with Crippen LogP contribution in [-0.4, -0.2) is 53.1 Å². The normalized spacial score (nSPS) is 20.1. The summed E-state index contributed by atoms with van der Waals surface area (Å²) in [6.07, 6.45) is -2.26. The fourth-order valence-corrected chi connectivity index (χ4v) is 4.65. The largest absolute Gasteiger partial charge is 0.418 e. The van der Waals surface area contributed by atoms with E-state index in [2.05, 4.69) is 25.3 Å². The summed E-state index contributed by atoms with van der Waals surface area (Å²) in [5.41, 5.74) is 0.279. The number of aromatic nitrogens is 6. The summed E-state index contributed by atoms with van der Waals surface area (Å²) in [6.45, 7) is 0.165. The quantitative estimate of drug-likeness (QED) is 0.436. The molecule has 0 radical (unpaired) electrons. The minimum Gasteiger partial charge on any atom is -0.417 e. The first-order valence-corrected chi connectivity index (χ1v) is 10.7. The number of pyridine rings is 1. The van der Waals surface area contributed by atoms with Crippen molar-refractivity contribution in [3.63, 3.8) is 0 Å². The SMILES string of the molecule is O=C(c1nnc(C2CC(F)(F)C2)o1)N1CCc2[nH]cnc2[C@@H]1c1cc2c(C(F)(F)F)cccn2n1. The van der Waals surface area contributed by atoms with Crippen molar-refractivity contribution < 1.29 is 31.2 Å². The molecular formula is C21H16F5N7O2. The molecule has 1 atom stereocenters. The zero-order valence-electron chi connectivity index (χ0n) is 17.8. The van der Waals surface area contributed by atoms with Crippen LogP contribution in [0.3, 0.4) is 0 Å². The van der Waals surface area contributed by atoms with Gasteiger partial charge in [-0.15, -0.1) is 10.2 Å². The number of alkyl halides is 5. The maximum atomic E-state index is 13.5. The number of fused-ring (bicyclic) bond motifs is 2. The van der Waals surface area contributed by atoms with Crippen LogP contribution in [0.4, 0.5) is 22.0 Å². The highest BCUT2D eigenvalue weighted by atomic mass is 19.4. The van der Waals surface area contributed by atoms with E-state index in [0.717, 1.165) is 16.3 Å². The molecule has 182 valence electrons. The molecule has 5 heterocycles. The number of carbonyl (C=O) groups is 1. The van der Waals surface area contributed by atoms with Gasteiger partial charge in [0.25, 0.3) is 0 Å². The lowest BCUT2D eigenvalue weighted by atomic mass is 9.81. The summed E-state index contributed by atoms with van der Waals surface area (Å²) >= 11 is 0. The Morgan fingerprint density at radius 1 is 1.23 bits per heavy atom. The van der Waals surface area contributed by atoms with Crippen LogP contribution in [-0.2, 0) is 12.6 Å². The monoisotopic (exact) mass is 493 g/mol. The van der Waals surface area contributed by atoms with E-state index in [-0.39, 0.29) is 29.5 Å². The summed E-state index contributed by atoms with van der Waals surface area (Å²) in [5.74, 6) is -4.56. The van der Waals surface area contributed by atoms with Gasteiger partial charge in [0, 0.05) is 43.6 Å². The van der Waals surface area contributed by atoms with Crippen molar-refractivity contribution >= 4 is 11.4 Å². The fraction of sp³-hybridized carbons (Fsp3) is 0.381. The van der Waals surface area contributed by atoms with Crippen LogP contribution < -0.4 is 0 Å². The smallest absolute Gasteiger partial charge is 0.417 e. The lowest BCUT2D eigenvalue weighted by Gasteiger charge is -2.33. The van der Waals surface area contributed by atoms with Crippen molar-refractivity contribution in [2.24, 2.45) is 0 Å². The van der Waals surface area contributed by atoms with Crippen LogP contribution in [0.5, 0.6) is 0 Å². The first-order valence-electron chi connectivity index (χ1n) is 10.7. The van der Waals surface area contributed by atoms with E-state index in [1.807, 2.05) is 0 Å². The Morgan fingerprint density at radius 2 is 2.03 bits per heavy atom. The lowest BCUT2D eigenvalue weighted by molar-refractivity contribution is -0.136. The average Bonchev–Trinajstić information content (AvgIpc) is 3.53. The van der Waals surface area contributed by atoms with Crippen molar-refractivity contribution in [1.29, 1.82) is 0 Å². The van der Waals surface area contributed by atoms with Crippen LogP contribution in [0, 0.1) is 0 Å². The molecule has 1 saturated carbocycles. The van der Waals surface area contributed by atoms with Gasteiger partial charge in [-0.2, -0.15) is 18.3 Å². The second-order valence-electron chi connectivity index (χ2n) is 8.64. The van der Waals surface area contributed by atoms with Gasteiger partial charge < -0.3 is 14.3 Å². The molecular weight excluding hydrogens is 477 g/mol. The van der Waals surface area contributed by atoms with E-state index in [4.69, 9.17) is 4.42 Å². The zero-order chi connectivity index (χ0) is 24.5. The number of nitrogens with zero attached hydrogens (tertiary/aromatic N) is 6. The number of rotatable bonds is 3. The zero-order valence-corrected chi connectivity index (χ0v) is 17.8. The molecule has 1 amide bonds. The predicted octanol–water partition coefficient (Wildman–Crippen LogP) is 3.76. The Bertz CT molecular complexity index is 1430. The van der Waals surface area contributed by atoms with Crippen molar-refractivity contribution in [2.45, 2.75) is 43.3 Å². The summed E-state index contributed by atoms with van der Waals surface area (Å²) in [7, 11) is 0. The van der Waals surface area contributed by atoms with Gasteiger partial charge in [-0.05, 0) is 18.2 Å². The molecule has 4 aromatic heterocycles. The van der Waals surface area contributed by atoms with Crippen molar-refractivity contribution in [1.82, 2.24) is 34.7 Å². The topological polar surface area (TPSA) is 105 Å². The van der Waals surface area contributed by atoms with E-state index in [0.29, 0.717) is 12.1 Å². The molecule has 6 rings (SSSR count). The van der Waals surface area contributed by atoms with E-state index >= 15 is 0 Å². The highest BCUT2D eigenvalue weighted by Gasteiger charge is 2.49. The number of H-pyrrole nitrogens is 1. The minimum atomic E-state index is -4.60. The number of halogens is 5. The highest BCUT2D eigenvalue weighted by molar-refractivity contribution is 5.90. The number of aromatic amines is 1. The minimum absolute atomic E-state index is 0.0455. The lowest BCUT2D eigenvalue weighted by Crippen LogP contribution is -2.41. The predicted molar refractivity (Wildman–Crippen MR) is 107 cm³/mol. The maximum absolute atomic E-state index is 13.5. The van der Waals surface area contributed by atoms with Crippen molar-refractivity contribution in [3.05, 3.63) is 65.1 Å². The Balaban J connectivity index is 1.38. The second kappa shape index (κ2) is 7.33. The van der Waals surface area contributed by atoms with Crippen molar-refractivity contribution in [2.75, 3.05) is 6.54 Å². The van der Waals surface area contributed by atoms with Gasteiger partial charge >= 0.3 is 18.0 Å². The molecule has 0 unspecified atom stereocenters. The molecule has 2 aliphatic rings. The molecule has 1 aliphatic heterocycles. The maximum Gasteiger partial charge on any atom is 0.418 e. The summed E-state index contributed by atoms with van der Waals surface area (Å²) < 4.78 is 73.6. The Morgan fingerprint density at radius 3 is 2.77 bits per heavy atom. The van der Waals surface area contributed by atoms with Gasteiger partial charge in [0.05, 0.1) is 28.8 Å². The number of imidazole rings is 1. The van der Waals surface area contributed by atoms with Gasteiger partial charge in [0.2, 0.25) is 11.8 Å². The Kier molecular flexibility index (Phi) is 4.54. The Labute approximate surface area is 193 Å². The molecule has 0 bridgehead atoms. The van der Waals surface area contributed by atoms with Crippen LogP contribution in [0.25, 0.3) is 5.52 Å². The first kappa shape index (κ1) is 21.7. The Hall–Kier alpha value is -3.84. The number of amides is 1. The molecule has 1 fully saturated rings. The second-order valence-corrected chi connectivity index (χ2v) is 8.64. The van der Waals surface area contributed by atoms with Gasteiger partial charge in [0.1, 0.15) is 6.04 Å². The van der Waals surface area contributed by atoms with Gasteiger partial charge in [-0.25, -0.2) is 18.3 Å². The van der Waals surface area contributed by atoms with Crippen LogP contribution in [0.2, 0.25) is 0 Å². The molecule has 0 aromatic carbocycles. The van der Waals surface area contributed by atoms with E-state index in [1.54, 1.807) is 0 Å². The van der Waals surface area contributed by atoms with Gasteiger partial charge in [-0.3, -0.25) is 4.79 Å². The summed E-state index contributed by atoms with van der Waals surface area (Å²) in [4.78, 5) is 22.0. The first-order chi connectivity index (χ1) is 16.6. The van der Waals surface area contributed by atoms with E-state index < -0.39 is 48.4 Å². The third-order valence-corrected chi connectivity index (χ3v) is 6.36. The fourth-order valence-electron chi connectivity index (χ4n) is 4.65.